The maximum atomic E-state index is 12.9. The van der Waals surface area contributed by atoms with Crippen LogP contribution in [0.2, 0.25) is 0 Å². The molecule has 4 aromatic rings. The molecule has 2 heterocycles. The molecule has 6 nitrogen and oxygen atoms in total. The van der Waals surface area contributed by atoms with Gasteiger partial charge in [-0.25, -0.2) is 0 Å². The number of rotatable bonds is 7. The number of aromatic nitrogens is 3. The number of benzene rings is 2. The third-order valence-corrected chi connectivity index (χ3v) is 5.60. The van der Waals surface area contributed by atoms with E-state index in [9.17, 15) is 9.59 Å². The predicted molar refractivity (Wildman–Crippen MR) is 119 cm³/mol. The number of fused-ring (bicyclic) bond motifs is 1. The molecule has 0 fully saturated rings. The Labute approximate surface area is 177 Å². The lowest BCUT2D eigenvalue weighted by Gasteiger charge is -2.08. The molecule has 30 heavy (non-hydrogen) atoms. The van der Waals surface area contributed by atoms with E-state index in [1.165, 1.54) is 4.52 Å². The van der Waals surface area contributed by atoms with Gasteiger partial charge in [-0.15, -0.1) is 0 Å². The number of hydrogen-bond donors (Lipinski definition) is 0. The summed E-state index contributed by atoms with van der Waals surface area (Å²) in [6, 6.07) is 16.6. The molecule has 0 saturated heterocycles. The van der Waals surface area contributed by atoms with E-state index in [0.29, 0.717) is 16.7 Å². The van der Waals surface area contributed by atoms with Gasteiger partial charge in [0.1, 0.15) is 5.75 Å². The highest BCUT2D eigenvalue weighted by molar-refractivity contribution is 7.15. The Hall–Kier alpha value is -3.32. The second kappa shape index (κ2) is 9.00. The van der Waals surface area contributed by atoms with Gasteiger partial charge in [0.15, 0.2) is 5.69 Å². The Bertz CT molecular complexity index is 1330. The maximum absolute atomic E-state index is 12.9. The van der Waals surface area contributed by atoms with Crippen molar-refractivity contribution in [2.75, 3.05) is 6.61 Å². The third kappa shape index (κ3) is 4.16. The normalized spacial score (nSPS) is 11.8. The third-order valence-electron chi connectivity index (χ3n) is 4.64. The summed E-state index contributed by atoms with van der Waals surface area (Å²) in [4.78, 5) is 29.7. The number of ether oxygens (including phenoxy) is 1. The van der Waals surface area contributed by atoms with Crippen molar-refractivity contribution in [3.8, 4) is 17.0 Å². The minimum atomic E-state index is -0.450. The molecule has 7 heteroatoms. The molecule has 2 aromatic heterocycles. The zero-order valence-corrected chi connectivity index (χ0v) is 17.4. The van der Waals surface area contributed by atoms with Crippen LogP contribution in [0.1, 0.15) is 31.7 Å². The highest BCUT2D eigenvalue weighted by atomic mass is 32.1. The standard InChI is InChI=1S/C23H21N3O3S/c1-2-3-9-14-29-18-13-8-7-12-17(18)15-19-22(28)26-23(30-19)24-21(27)20(25-26)16-10-5-4-6-11-16/h4-8,10-13,15H,2-3,9,14H2,1H3/b19-15-. The Balaban J connectivity index is 1.76. The van der Waals surface area contributed by atoms with E-state index in [2.05, 4.69) is 17.0 Å². The molecule has 0 amide bonds. The SMILES string of the molecule is CCCCCOc1ccccc1/C=c1\sc2nc(=O)c(-c3ccccc3)nn2c1=O. The van der Waals surface area contributed by atoms with E-state index in [0.717, 1.165) is 41.9 Å². The minimum absolute atomic E-state index is 0.161. The quantitative estimate of drug-likeness (QED) is 0.430. The van der Waals surface area contributed by atoms with Crippen LogP contribution in [-0.4, -0.2) is 21.2 Å². The number of unbranched alkanes of at least 4 members (excludes halogenated alkanes) is 2. The molecule has 0 aliphatic rings. The Kier molecular flexibility index (Phi) is 5.99. The molecule has 2 aromatic carbocycles. The fraction of sp³-hybridized carbons (Fsp3) is 0.217. The molecule has 0 aliphatic heterocycles. The molecule has 0 radical (unpaired) electrons. The Morgan fingerprint density at radius 3 is 2.60 bits per heavy atom. The lowest BCUT2D eigenvalue weighted by Crippen LogP contribution is -2.26. The summed E-state index contributed by atoms with van der Waals surface area (Å²) < 4.78 is 7.55. The van der Waals surface area contributed by atoms with Gasteiger partial charge in [-0.05, 0) is 18.6 Å². The molecule has 0 spiro atoms. The van der Waals surface area contributed by atoms with Crippen LogP contribution >= 0.6 is 11.3 Å². The van der Waals surface area contributed by atoms with Crippen LogP contribution in [0.25, 0.3) is 22.3 Å². The van der Waals surface area contributed by atoms with Crippen molar-refractivity contribution in [1.29, 1.82) is 0 Å². The Morgan fingerprint density at radius 2 is 1.80 bits per heavy atom. The fourth-order valence-electron chi connectivity index (χ4n) is 3.09. The van der Waals surface area contributed by atoms with Crippen LogP contribution in [0, 0.1) is 0 Å². The van der Waals surface area contributed by atoms with Crippen molar-refractivity contribution in [3.63, 3.8) is 0 Å². The van der Waals surface area contributed by atoms with Gasteiger partial charge < -0.3 is 4.74 Å². The second-order valence-corrected chi connectivity index (χ2v) is 7.84. The molecular weight excluding hydrogens is 398 g/mol. The van der Waals surface area contributed by atoms with Crippen molar-refractivity contribution in [2.45, 2.75) is 26.2 Å². The molecule has 0 saturated carbocycles. The summed E-state index contributed by atoms with van der Waals surface area (Å²) in [6.07, 6.45) is 4.99. The largest absolute Gasteiger partial charge is 0.493 e. The van der Waals surface area contributed by atoms with Crippen LogP contribution in [0.3, 0.4) is 0 Å². The number of para-hydroxylation sites is 1. The highest BCUT2D eigenvalue weighted by Crippen LogP contribution is 2.19. The first kappa shape index (κ1) is 20.0. The van der Waals surface area contributed by atoms with Gasteiger partial charge in [0.2, 0.25) is 4.96 Å². The molecule has 152 valence electrons. The van der Waals surface area contributed by atoms with Crippen molar-refractivity contribution in [2.24, 2.45) is 0 Å². The lowest BCUT2D eigenvalue weighted by molar-refractivity contribution is 0.305. The molecule has 0 bridgehead atoms. The van der Waals surface area contributed by atoms with E-state index < -0.39 is 5.56 Å². The minimum Gasteiger partial charge on any atom is -0.493 e. The van der Waals surface area contributed by atoms with E-state index in [-0.39, 0.29) is 16.2 Å². The van der Waals surface area contributed by atoms with E-state index in [4.69, 9.17) is 4.74 Å². The van der Waals surface area contributed by atoms with Crippen LogP contribution in [0.4, 0.5) is 0 Å². The van der Waals surface area contributed by atoms with Crippen molar-refractivity contribution < 1.29 is 4.74 Å². The summed E-state index contributed by atoms with van der Waals surface area (Å²) in [5, 5.41) is 4.29. The lowest BCUT2D eigenvalue weighted by atomic mass is 10.2. The highest BCUT2D eigenvalue weighted by Gasteiger charge is 2.13. The molecule has 0 N–H and O–H groups in total. The number of thiazole rings is 1. The summed E-state index contributed by atoms with van der Waals surface area (Å²) in [5.74, 6) is 0.728. The van der Waals surface area contributed by atoms with E-state index in [1.807, 2.05) is 42.5 Å². The van der Waals surface area contributed by atoms with Gasteiger partial charge in [0, 0.05) is 11.1 Å². The van der Waals surface area contributed by atoms with Gasteiger partial charge in [-0.3, -0.25) is 9.59 Å². The molecule has 4 rings (SSSR count). The monoisotopic (exact) mass is 419 g/mol. The summed E-state index contributed by atoms with van der Waals surface area (Å²) in [7, 11) is 0. The average molecular weight is 420 g/mol. The average Bonchev–Trinajstić information content (AvgIpc) is 3.06. The summed E-state index contributed by atoms with van der Waals surface area (Å²) in [6.45, 7) is 2.78. The van der Waals surface area contributed by atoms with Gasteiger partial charge in [-0.1, -0.05) is 79.6 Å². The van der Waals surface area contributed by atoms with Crippen molar-refractivity contribution in [3.05, 3.63) is 85.4 Å². The summed E-state index contributed by atoms with van der Waals surface area (Å²) >= 11 is 1.14. The second-order valence-electron chi connectivity index (χ2n) is 6.84. The first-order chi connectivity index (χ1) is 14.7. The maximum Gasteiger partial charge on any atom is 0.300 e. The van der Waals surface area contributed by atoms with E-state index >= 15 is 0 Å². The molecular formula is C23H21N3O3S. The van der Waals surface area contributed by atoms with Crippen LogP contribution in [0.15, 0.2) is 64.2 Å². The number of nitrogens with zero attached hydrogens (tertiary/aromatic N) is 3. The van der Waals surface area contributed by atoms with Crippen molar-refractivity contribution >= 4 is 22.4 Å². The van der Waals surface area contributed by atoms with E-state index in [1.54, 1.807) is 18.2 Å². The molecule has 0 aliphatic carbocycles. The van der Waals surface area contributed by atoms with Crippen molar-refractivity contribution in [1.82, 2.24) is 14.6 Å². The Morgan fingerprint density at radius 1 is 1.03 bits per heavy atom. The van der Waals surface area contributed by atoms with Gasteiger partial charge in [-0.2, -0.15) is 14.6 Å². The van der Waals surface area contributed by atoms with Gasteiger partial charge in [0.05, 0.1) is 11.1 Å². The number of hydrogen-bond acceptors (Lipinski definition) is 6. The first-order valence-electron chi connectivity index (χ1n) is 9.90. The molecule has 0 atom stereocenters. The first-order valence-corrected chi connectivity index (χ1v) is 10.7. The van der Waals surface area contributed by atoms with Crippen LogP contribution in [0.5, 0.6) is 5.75 Å². The zero-order chi connectivity index (χ0) is 20.9. The van der Waals surface area contributed by atoms with Crippen LogP contribution in [-0.2, 0) is 0 Å². The zero-order valence-electron chi connectivity index (χ0n) is 16.6. The summed E-state index contributed by atoms with van der Waals surface area (Å²) in [5.41, 5.74) is 0.846. The predicted octanol–water partition coefficient (Wildman–Crippen LogP) is 3.29. The fourth-order valence-corrected chi connectivity index (χ4v) is 3.99. The smallest absolute Gasteiger partial charge is 0.300 e. The van der Waals surface area contributed by atoms with Gasteiger partial charge >= 0.3 is 5.56 Å². The van der Waals surface area contributed by atoms with Crippen LogP contribution < -0.4 is 20.4 Å². The van der Waals surface area contributed by atoms with Gasteiger partial charge in [0.25, 0.3) is 5.56 Å². The topological polar surface area (TPSA) is 73.6 Å². The molecule has 0 unspecified atom stereocenters.